The number of hydrogen-bond acceptors (Lipinski definition) is 5. The van der Waals surface area contributed by atoms with E-state index in [-0.39, 0.29) is 5.91 Å². The lowest BCUT2D eigenvalue weighted by Gasteiger charge is -2.21. The molecule has 146 valence electrons. The van der Waals surface area contributed by atoms with Crippen molar-refractivity contribution in [1.82, 2.24) is 4.98 Å². The molecule has 0 radical (unpaired) electrons. The number of benzene rings is 3. The fraction of sp³-hybridized carbons (Fsp3) is 0.130. The number of ether oxygens (including phenoxy) is 1. The van der Waals surface area contributed by atoms with E-state index in [0.717, 1.165) is 26.4 Å². The molecule has 1 aromatic heterocycles. The number of nitrogens with zero attached hydrogens (tertiary/aromatic N) is 2. The Bertz CT molecular complexity index is 1140. The number of anilines is 1. The second-order valence-electron chi connectivity index (χ2n) is 6.41. The van der Waals surface area contributed by atoms with E-state index in [4.69, 9.17) is 9.72 Å². The number of hydrogen-bond donors (Lipinski definition) is 0. The van der Waals surface area contributed by atoms with Crippen molar-refractivity contribution in [2.45, 2.75) is 11.4 Å². The third-order valence-corrected chi connectivity index (χ3v) is 6.42. The molecule has 0 aliphatic heterocycles. The van der Waals surface area contributed by atoms with E-state index in [1.54, 1.807) is 23.8 Å². The second kappa shape index (κ2) is 8.68. The van der Waals surface area contributed by atoms with Crippen LogP contribution in [0, 0.1) is 0 Å². The molecule has 3 aromatic carbocycles. The number of amides is 1. The number of thiazole rings is 1. The zero-order valence-corrected chi connectivity index (χ0v) is 17.8. The van der Waals surface area contributed by atoms with Crippen molar-refractivity contribution in [3.8, 4) is 5.75 Å². The summed E-state index contributed by atoms with van der Waals surface area (Å²) in [4.78, 5) is 21.1. The molecule has 1 amide bonds. The summed E-state index contributed by atoms with van der Waals surface area (Å²) < 4.78 is 6.32. The van der Waals surface area contributed by atoms with Gasteiger partial charge in [0.25, 0.3) is 5.91 Å². The van der Waals surface area contributed by atoms with Gasteiger partial charge >= 0.3 is 0 Å². The highest BCUT2D eigenvalue weighted by atomic mass is 32.2. The van der Waals surface area contributed by atoms with Gasteiger partial charge in [0.15, 0.2) is 5.13 Å². The Hall–Kier alpha value is -2.83. The molecule has 0 spiro atoms. The summed E-state index contributed by atoms with van der Waals surface area (Å²) in [6.07, 6.45) is 1.98. The van der Waals surface area contributed by atoms with E-state index in [0.29, 0.717) is 17.2 Å². The zero-order valence-electron chi connectivity index (χ0n) is 16.2. The minimum Gasteiger partial charge on any atom is -0.497 e. The van der Waals surface area contributed by atoms with E-state index < -0.39 is 0 Å². The molecule has 4 rings (SSSR count). The molecular weight excluding hydrogens is 400 g/mol. The van der Waals surface area contributed by atoms with Crippen LogP contribution in [-0.2, 0) is 6.54 Å². The van der Waals surface area contributed by atoms with Crippen molar-refractivity contribution in [2.24, 2.45) is 0 Å². The van der Waals surface area contributed by atoms with Gasteiger partial charge in [0.05, 0.1) is 29.4 Å². The lowest BCUT2D eigenvalue weighted by Crippen LogP contribution is -2.30. The molecule has 4 aromatic rings. The number of thioether (sulfide) groups is 1. The van der Waals surface area contributed by atoms with Gasteiger partial charge < -0.3 is 4.74 Å². The van der Waals surface area contributed by atoms with Crippen molar-refractivity contribution >= 4 is 44.4 Å². The van der Waals surface area contributed by atoms with Crippen molar-refractivity contribution in [3.63, 3.8) is 0 Å². The largest absolute Gasteiger partial charge is 0.497 e. The Morgan fingerprint density at radius 1 is 1.07 bits per heavy atom. The average Bonchev–Trinajstić information content (AvgIpc) is 3.20. The lowest BCUT2D eigenvalue weighted by atomic mass is 10.1. The quantitative estimate of drug-likeness (QED) is 0.366. The number of aromatic nitrogens is 1. The molecule has 6 heteroatoms. The van der Waals surface area contributed by atoms with Crippen molar-refractivity contribution in [2.75, 3.05) is 18.3 Å². The van der Waals surface area contributed by atoms with Gasteiger partial charge in [-0.25, -0.2) is 4.98 Å². The average molecular weight is 421 g/mol. The fourth-order valence-corrected chi connectivity index (χ4v) is 4.68. The first-order chi connectivity index (χ1) is 14.2. The van der Waals surface area contributed by atoms with Crippen LogP contribution in [0.1, 0.15) is 15.9 Å². The van der Waals surface area contributed by atoms with Crippen LogP contribution in [0.2, 0.25) is 0 Å². The van der Waals surface area contributed by atoms with Crippen LogP contribution in [0.3, 0.4) is 0 Å². The normalized spacial score (nSPS) is 10.8. The maximum atomic E-state index is 13.6. The van der Waals surface area contributed by atoms with Gasteiger partial charge in [0.2, 0.25) is 0 Å². The standard InChI is InChI=1S/C23H20N2O2S2/c1-27-17-12-13-19-21(14-17)29-23(24-19)25(15-16-8-4-3-5-9-16)22(26)18-10-6-7-11-20(18)28-2/h3-14H,15H2,1-2H3. The van der Waals surface area contributed by atoms with Crippen molar-refractivity contribution in [3.05, 3.63) is 83.9 Å². The minimum atomic E-state index is -0.0511. The highest BCUT2D eigenvalue weighted by Crippen LogP contribution is 2.34. The Morgan fingerprint density at radius 2 is 1.83 bits per heavy atom. The predicted molar refractivity (Wildman–Crippen MR) is 121 cm³/mol. The Labute approximate surface area is 178 Å². The summed E-state index contributed by atoms with van der Waals surface area (Å²) in [5.74, 6) is 0.728. The third kappa shape index (κ3) is 4.13. The summed E-state index contributed by atoms with van der Waals surface area (Å²) in [5.41, 5.74) is 2.60. The summed E-state index contributed by atoms with van der Waals surface area (Å²) in [6, 6.07) is 23.5. The first-order valence-corrected chi connectivity index (χ1v) is 11.2. The van der Waals surface area contributed by atoms with E-state index in [1.165, 1.54) is 11.3 Å². The van der Waals surface area contributed by atoms with Crippen LogP contribution in [0.15, 0.2) is 77.7 Å². The molecule has 0 bridgehead atoms. The van der Waals surface area contributed by atoms with Crippen molar-refractivity contribution in [1.29, 1.82) is 0 Å². The molecule has 29 heavy (non-hydrogen) atoms. The number of methoxy groups -OCH3 is 1. The van der Waals surface area contributed by atoms with Gasteiger partial charge in [0, 0.05) is 4.90 Å². The van der Waals surface area contributed by atoms with Crippen molar-refractivity contribution < 1.29 is 9.53 Å². The van der Waals surface area contributed by atoms with Gasteiger partial charge in [-0.3, -0.25) is 9.69 Å². The highest BCUT2D eigenvalue weighted by Gasteiger charge is 2.23. The number of fused-ring (bicyclic) bond motifs is 1. The molecule has 0 N–H and O–H groups in total. The molecule has 0 saturated carbocycles. The Morgan fingerprint density at radius 3 is 2.59 bits per heavy atom. The number of rotatable bonds is 6. The van der Waals surface area contributed by atoms with Crippen LogP contribution < -0.4 is 9.64 Å². The van der Waals surface area contributed by atoms with Gasteiger partial charge in [0.1, 0.15) is 5.75 Å². The van der Waals surface area contributed by atoms with Gasteiger partial charge in [-0.05, 0) is 42.2 Å². The van der Waals surface area contributed by atoms with Gasteiger partial charge in [-0.15, -0.1) is 11.8 Å². The number of carbonyl (C=O) groups excluding carboxylic acids is 1. The molecular formula is C23H20N2O2S2. The summed E-state index contributed by atoms with van der Waals surface area (Å²) in [7, 11) is 1.65. The molecule has 4 nitrogen and oxygen atoms in total. The maximum absolute atomic E-state index is 13.6. The highest BCUT2D eigenvalue weighted by molar-refractivity contribution is 7.98. The first kappa shape index (κ1) is 19.5. The van der Waals surface area contributed by atoms with Crippen LogP contribution in [0.4, 0.5) is 5.13 Å². The van der Waals surface area contributed by atoms with Crippen LogP contribution in [0.25, 0.3) is 10.2 Å². The Balaban J connectivity index is 1.79. The monoisotopic (exact) mass is 420 g/mol. The van der Waals surface area contributed by atoms with Gasteiger partial charge in [-0.2, -0.15) is 0 Å². The lowest BCUT2D eigenvalue weighted by molar-refractivity contribution is 0.0982. The number of carbonyl (C=O) groups is 1. The minimum absolute atomic E-state index is 0.0511. The molecule has 0 aliphatic carbocycles. The fourth-order valence-electron chi connectivity index (χ4n) is 3.09. The summed E-state index contributed by atoms with van der Waals surface area (Å²) >= 11 is 3.07. The van der Waals surface area contributed by atoms with E-state index in [2.05, 4.69) is 0 Å². The van der Waals surface area contributed by atoms with Crippen LogP contribution in [0.5, 0.6) is 5.75 Å². The topological polar surface area (TPSA) is 42.4 Å². The molecule has 0 unspecified atom stereocenters. The summed E-state index contributed by atoms with van der Waals surface area (Å²) in [5, 5.41) is 0.679. The first-order valence-electron chi connectivity index (χ1n) is 9.13. The van der Waals surface area contributed by atoms with Gasteiger partial charge in [-0.1, -0.05) is 53.8 Å². The summed E-state index contributed by atoms with van der Waals surface area (Å²) in [6.45, 7) is 0.458. The van der Waals surface area contributed by atoms with Crippen LogP contribution >= 0.6 is 23.1 Å². The van der Waals surface area contributed by atoms with E-state index in [1.807, 2.05) is 79.1 Å². The molecule has 0 aliphatic rings. The molecule has 0 atom stereocenters. The zero-order chi connectivity index (χ0) is 20.2. The molecule has 0 saturated heterocycles. The molecule has 0 fully saturated rings. The Kier molecular flexibility index (Phi) is 5.83. The SMILES string of the molecule is COc1ccc2nc(N(Cc3ccccc3)C(=O)c3ccccc3SC)sc2c1. The van der Waals surface area contributed by atoms with E-state index in [9.17, 15) is 4.79 Å². The third-order valence-electron chi connectivity index (χ3n) is 4.58. The smallest absolute Gasteiger partial charge is 0.261 e. The molecule has 1 heterocycles. The maximum Gasteiger partial charge on any atom is 0.261 e. The van der Waals surface area contributed by atoms with Crippen LogP contribution in [-0.4, -0.2) is 24.3 Å². The predicted octanol–water partition coefficient (Wildman–Crippen LogP) is 5.87. The second-order valence-corrected chi connectivity index (χ2v) is 8.26. The van der Waals surface area contributed by atoms with E-state index >= 15 is 0 Å².